The van der Waals surface area contributed by atoms with Crippen molar-refractivity contribution in [3.8, 4) is 0 Å². The number of amides is 1. The van der Waals surface area contributed by atoms with Gasteiger partial charge in [-0.05, 0) is 42.9 Å². The zero-order valence-corrected chi connectivity index (χ0v) is 14.7. The summed E-state index contributed by atoms with van der Waals surface area (Å²) in [5, 5.41) is 6.21. The van der Waals surface area contributed by atoms with Crippen molar-refractivity contribution in [2.45, 2.75) is 38.6 Å². The van der Waals surface area contributed by atoms with Crippen molar-refractivity contribution >= 4 is 11.7 Å². The van der Waals surface area contributed by atoms with Crippen molar-refractivity contribution in [2.75, 3.05) is 11.9 Å². The molecule has 0 saturated heterocycles. The van der Waals surface area contributed by atoms with Gasteiger partial charge in [-0.2, -0.15) is 0 Å². The van der Waals surface area contributed by atoms with E-state index in [-0.39, 0.29) is 17.9 Å². The maximum atomic E-state index is 12.4. The first kappa shape index (κ1) is 17.9. The summed E-state index contributed by atoms with van der Waals surface area (Å²) < 4.78 is 0. The third kappa shape index (κ3) is 4.59. The highest BCUT2D eigenvalue weighted by Gasteiger charge is 2.28. The Kier molecular flexibility index (Phi) is 5.50. The van der Waals surface area contributed by atoms with E-state index in [1.807, 2.05) is 13.0 Å². The number of nitrogens with one attached hydrogen (secondary N) is 4. The quantitative estimate of drug-likeness (QED) is 0.607. The van der Waals surface area contributed by atoms with Gasteiger partial charge in [-0.15, -0.1) is 0 Å². The molecule has 2 heterocycles. The predicted octanol–water partition coefficient (Wildman–Crippen LogP) is 0.706. The first-order valence-corrected chi connectivity index (χ1v) is 8.77. The highest BCUT2D eigenvalue weighted by molar-refractivity contribution is 5.79. The Bertz CT molecular complexity index is 860. The molecule has 26 heavy (non-hydrogen) atoms. The Labute approximate surface area is 150 Å². The first-order valence-electron chi connectivity index (χ1n) is 8.77. The lowest BCUT2D eigenvalue weighted by Gasteiger charge is -2.22. The molecule has 138 valence electrons. The van der Waals surface area contributed by atoms with Crippen molar-refractivity contribution in [1.29, 1.82) is 0 Å². The predicted molar refractivity (Wildman–Crippen MR) is 98.1 cm³/mol. The molecule has 1 aliphatic rings. The molecule has 1 amide bonds. The van der Waals surface area contributed by atoms with Crippen molar-refractivity contribution in [3.05, 3.63) is 56.5 Å². The summed E-state index contributed by atoms with van der Waals surface area (Å²) in [5.41, 5.74) is 0.999. The molecule has 2 aromatic rings. The van der Waals surface area contributed by atoms with Crippen molar-refractivity contribution in [3.63, 3.8) is 0 Å². The zero-order valence-electron chi connectivity index (χ0n) is 14.7. The monoisotopic (exact) mass is 357 g/mol. The molecule has 8 nitrogen and oxygen atoms in total. The van der Waals surface area contributed by atoms with Crippen LogP contribution in [0.15, 0.2) is 34.1 Å². The van der Waals surface area contributed by atoms with Crippen LogP contribution in [0.25, 0.3) is 0 Å². The largest absolute Gasteiger partial charge is 0.371 e. The summed E-state index contributed by atoms with van der Waals surface area (Å²) in [5.74, 6) is 0.626. The number of hydrogen-bond acceptors (Lipinski definition) is 5. The molecule has 2 aromatic heterocycles. The Morgan fingerprint density at radius 1 is 1.31 bits per heavy atom. The Balaban J connectivity index is 1.56. The number of H-pyrrole nitrogens is 2. The van der Waals surface area contributed by atoms with Gasteiger partial charge in [0.15, 0.2) is 0 Å². The molecule has 0 aromatic carbocycles. The Morgan fingerprint density at radius 2 is 2.15 bits per heavy atom. The van der Waals surface area contributed by atoms with Crippen LogP contribution in [-0.2, 0) is 11.2 Å². The fourth-order valence-corrected chi connectivity index (χ4v) is 3.39. The fraction of sp³-hybridized carbons (Fsp3) is 0.444. The molecule has 0 aliphatic heterocycles. The normalized spacial score (nSPS) is 19.3. The van der Waals surface area contributed by atoms with Crippen LogP contribution < -0.4 is 21.9 Å². The van der Waals surface area contributed by atoms with Gasteiger partial charge < -0.3 is 10.6 Å². The molecule has 0 bridgehead atoms. The summed E-state index contributed by atoms with van der Waals surface area (Å²) in [6.07, 6.45) is 6.71. The maximum absolute atomic E-state index is 12.4. The molecular weight excluding hydrogens is 334 g/mol. The molecule has 4 N–H and O–H groups in total. The summed E-state index contributed by atoms with van der Waals surface area (Å²) in [4.78, 5) is 43.8. The van der Waals surface area contributed by atoms with Crippen LogP contribution in [0.1, 0.15) is 30.4 Å². The number of aromatic nitrogens is 3. The second kappa shape index (κ2) is 7.99. The van der Waals surface area contributed by atoms with Gasteiger partial charge in [-0.1, -0.05) is 6.42 Å². The highest BCUT2D eigenvalue weighted by Crippen LogP contribution is 2.26. The van der Waals surface area contributed by atoms with Crippen LogP contribution in [0.3, 0.4) is 0 Å². The number of aryl methyl sites for hydroxylation is 1. The fourth-order valence-electron chi connectivity index (χ4n) is 3.39. The lowest BCUT2D eigenvalue weighted by Crippen LogP contribution is -2.40. The van der Waals surface area contributed by atoms with E-state index in [4.69, 9.17) is 0 Å². The third-order valence-electron chi connectivity index (χ3n) is 4.82. The molecule has 1 fully saturated rings. The van der Waals surface area contributed by atoms with E-state index in [0.717, 1.165) is 30.4 Å². The van der Waals surface area contributed by atoms with E-state index in [0.29, 0.717) is 18.8 Å². The van der Waals surface area contributed by atoms with Gasteiger partial charge in [0.2, 0.25) is 5.91 Å². The van der Waals surface area contributed by atoms with E-state index in [9.17, 15) is 14.4 Å². The summed E-state index contributed by atoms with van der Waals surface area (Å²) in [6, 6.07) is 3.29. The minimum atomic E-state index is -0.539. The van der Waals surface area contributed by atoms with Crippen LogP contribution in [-0.4, -0.2) is 33.4 Å². The third-order valence-corrected chi connectivity index (χ3v) is 4.82. The van der Waals surface area contributed by atoms with Gasteiger partial charge in [-0.3, -0.25) is 24.5 Å². The second-order valence-corrected chi connectivity index (χ2v) is 6.73. The Morgan fingerprint density at radius 3 is 2.92 bits per heavy atom. The van der Waals surface area contributed by atoms with E-state index in [1.54, 1.807) is 12.4 Å². The maximum Gasteiger partial charge on any atom is 0.327 e. The number of rotatable bonds is 6. The van der Waals surface area contributed by atoms with Gasteiger partial charge >= 0.3 is 5.69 Å². The van der Waals surface area contributed by atoms with E-state index in [1.165, 1.54) is 6.07 Å². The topological polar surface area (TPSA) is 120 Å². The van der Waals surface area contributed by atoms with Crippen molar-refractivity contribution in [1.82, 2.24) is 20.3 Å². The molecule has 0 spiro atoms. The molecule has 3 rings (SSSR count). The first-order chi connectivity index (χ1) is 12.5. The van der Waals surface area contributed by atoms with Crippen molar-refractivity contribution in [2.24, 2.45) is 5.92 Å². The summed E-state index contributed by atoms with van der Waals surface area (Å²) >= 11 is 0. The smallest absolute Gasteiger partial charge is 0.327 e. The Hall–Kier alpha value is -2.90. The van der Waals surface area contributed by atoms with Crippen molar-refractivity contribution < 1.29 is 4.79 Å². The van der Waals surface area contributed by atoms with E-state index in [2.05, 4.69) is 25.6 Å². The second-order valence-electron chi connectivity index (χ2n) is 6.73. The summed E-state index contributed by atoms with van der Waals surface area (Å²) in [7, 11) is 0. The van der Waals surface area contributed by atoms with Gasteiger partial charge in [0.25, 0.3) is 5.56 Å². The lowest BCUT2D eigenvalue weighted by molar-refractivity contribution is -0.121. The van der Waals surface area contributed by atoms with Crippen LogP contribution in [0.5, 0.6) is 0 Å². The number of hydrogen-bond donors (Lipinski definition) is 4. The highest BCUT2D eigenvalue weighted by atomic mass is 16.2. The summed E-state index contributed by atoms with van der Waals surface area (Å²) in [6.45, 7) is 2.55. The van der Waals surface area contributed by atoms with Gasteiger partial charge in [0, 0.05) is 31.0 Å². The molecule has 2 unspecified atom stereocenters. The minimum Gasteiger partial charge on any atom is -0.371 e. The minimum absolute atomic E-state index is 0.0115. The number of nitrogens with zero attached hydrogens (tertiary/aromatic N) is 1. The van der Waals surface area contributed by atoms with Crippen LogP contribution >= 0.6 is 0 Å². The molecule has 8 heteroatoms. The van der Waals surface area contributed by atoms with E-state index >= 15 is 0 Å². The number of pyridine rings is 1. The van der Waals surface area contributed by atoms with Crippen LogP contribution in [0.2, 0.25) is 0 Å². The lowest BCUT2D eigenvalue weighted by atomic mass is 10.0. The average Bonchev–Trinajstić information content (AvgIpc) is 3.01. The van der Waals surface area contributed by atoms with Gasteiger partial charge in [0.1, 0.15) is 5.82 Å². The van der Waals surface area contributed by atoms with Crippen LogP contribution in [0, 0.1) is 12.8 Å². The molecule has 1 saturated carbocycles. The van der Waals surface area contributed by atoms with Crippen LogP contribution in [0.4, 0.5) is 5.82 Å². The number of aromatic amines is 2. The number of carbonyl (C=O) groups excluding carboxylic acids is 1. The van der Waals surface area contributed by atoms with E-state index < -0.39 is 11.2 Å². The molecule has 1 aliphatic carbocycles. The van der Waals surface area contributed by atoms with Gasteiger partial charge in [-0.25, -0.2) is 4.79 Å². The number of anilines is 1. The molecule has 2 atom stereocenters. The molecular formula is C18H23N5O3. The standard InChI is InChI=1S/C18H23N5O3/c1-11-5-6-19-9-13(11)7-16(24)21-14-4-2-3-12(14)10-20-15-8-17(25)23-18(26)22-15/h5-6,8-9,12,14H,2-4,7,10H2,1H3,(H,21,24)(H3,20,22,23,25,26). The number of carbonyl (C=O) groups is 1. The molecule has 0 radical (unpaired) electrons. The van der Waals surface area contributed by atoms with Gasteiger partial charge in [0.05, 0.1) is 6.42 Å². The zero-order chi connectivity index (χ0) is 18.5. The average molecular weight is 357 g/mol. The SMILES string of the molecule is Cc1ccncc1CC(=O)NC1CCCC1CNc1cc(=O)[nH]c(=O)[nH]1.